The monoisotopic (exact) mass is 213 g/mol. The summed E-state index contributed by atoms with van der Waals surface area (Å²) in [4.78, 5) is 11.2. The number of carbonyl (C=O) groups excluding carboxylic acids is 1. The lowest BCUT2D eigenvalue weighted by Gasteiger charge is -2.30. The summed E-state index contributed by atoms with van der Waals surface area (Å²) in [5, 5.41) is 2.82. The molecule has 4 heteroatoms. The Balaban J connectivity index is 2.55. The highest BCUT2D eigenvalue weighted by molar-refractivity contribution is 5.67. The van der Waals surface area contributed by atoms with Gasteiger partial charge in [-0.2, -0.15) is 0 Å². The quantitative estimate of drug-likeness (QED) is 0.726. The van der Waals surface area contributed by atoms with E-state index in [1.165, 1.54) is 7.11 Å². The van der Waals surface area contributed by atoms with Gasteiger partial charge in [0.1, 0.15) is 0 Å². The molecule has 15 heavy (non-hydrogen) atoms. The number of nitrogens with one attached hydrogen (secondary N) is 1. The first-order chi connectivity index (χ1) is 7.15. The number of hydrogen-bond acceptors (Lipinski definition) is 3. The van der Waals surface area contributed by atoms with Gasteiger partial charge in [-0.3, -0.25) is 0 Å². The maximum absolute atomic E-state index is 11.2. The maximum Gasteiger partial charge on any atom is 0.407 e. The molecule has 0 bridgehead atoms. The van der Waals surface area contributed by atoms with Crippen molar-refractivity contribution in [2.45, 2.75) is 25.8 Å². The number of ether oxygens (including phenoxy) is 2. The molecule has 0 aromatic rings. The van der Waals surface area contributed by atoms with E-state index in [0.29, 0.717) is 5.92 Å². The third kappa shape index (κ3) is 3.55. The molecule has 0 aromatic carbocycles. The third-order valence-electron chi connectivity index (χ3n) is 2.73. The van der Waals surface area contributed by atoms with Crippen LogP contribution in [0.1, 0.15) is 19.8 Å². The molecule has 1 atom stereocenters. The summed E-state index contributed by atoms with van der Waals surface area (Å²) >= 11 is 0. The van der Waals surface area contributed by atoms with Crippen LogP contribution in [0.15, 0.2) is 12.2 Å². The summed E-state index contributed by atoms with van der Waals surface area (Å²) in [5.74, 6) is 0.412. The topological polar surface area (TPSA) is 47.6 Å². The molecule has 1 unspecified atom stereocenters. The molecule has 86 valence electrons. The minimum Gasteiger partial charge on any atom is -0.453 e. The van der Waals surface area contributed by atoms with Crippen LogP contribution in [0.25, 0.3) is 0 Å². The maximum atomic E-state index is 11.2. The highest BCUT2D eigenvalue weighted by Crippen LogP contribution is 2.22. The summed E-state index contributed by atoms with van der Waals surface area (Å²) in [5.41, 5.74) is 0.965. The highest BCUT2D eigenvalue weighted by atomic mass is 16.5. The van der Waals surface area contributed by atoms with E-state index in [4.69, 9.17) is 4.74 Å². The molecule has 1 rings (SSSR count). The normalized spacial score (nSPS) is 19.3. The van der Waals surface area contributed by atoms with Gasteiger partial charge in [0.05, 0.1) is 13.2 Å². The molecule has 1 amide bonds. The smallest absolute Gasteiger partial charge is 0.407 e. The van der Waals surface area contributed by atoms with E-state index in [1.807, 2.05) is 6.92 Å². The van der Waals surface area contributed by atoms with Gasteiger partial charge in [0.15, 0.2) is 0 Å². The molecule has 4 nitrogen and oxygen atoms in total. The number of carbonyl (C=O) groups is 1. The van der Waals surface area contributed by atoms with Gasteiger partial charge in [0, 0.05) is 13.2 Å². The van der Waals surface area contributed by atoms with Gasteiger partial charge >= 0.3 is 6.09 Å². The Bertz CT molecular complexity index is 234. The number of rotatable bonds is 3. The van der Waals surface area contributed by atoms with Gasteiger partial charge in [0.2, 0.25) is 0 Å². The van der Waals surface area contributed by atoms with Crippen molar-refractivity contribution in [1.82, 2.24) is 5.32 Å². The standard InChI is InChI=1S/C11H19NO3/c1-8(2)10(12-11(13)14-3)9-4-6-15-7-5-9/h9-10H,1,4-7H2,2-3H3,(H,12,13). The van der Waals surface area contributed by atoms with Crippen molar-refractivity contribution in [1.29, 1.82) is 0 Å². The zero-order valence-electron chi connectivity index (χ0n) is 9.41. The average molecular weight is 213 g/mol. The molecule has 1 aliphatic rings. The molecule has 1 heterocycles. The Morgan fingerprint density at radius 1 is 1.53 bits per heavy atom. The minimum atomic E-state index is -0.394. The number of alkyl carbamates (subject to hydrolysis) is 1. The van der Waals surface area contributed by atoms with E-state index in [9.17, 15) is 4.79 Å². The first kappa shape index (κ1) is 12.0. The summed E-state index contributed by atoms with van der Waals surface area (Å²) in [6.07, 6.45) is 1.53. The van der Waals surface area contributed by atoms with E-state index in [2.05, 4.69) is 16.6 Å². The van der Waals surface area contributed by atoms with Gasteiger partial charge < -0.3 is 14.8 Å². The van der Waals surface area contributed by atoms with Gasteiger partial charge in [-0.25, -0.2) is 4.79 Å². The van der Waals surface area contributed by atoms with Gasteiger partial charge in [0.25, 0.3) is 0 Å². The fraction of sp³-hybridized carbons (Fsp3) is 0.727. The fourth-order valence-corrected chi connectivity index (χ4v) is 1.88. The molecule has 0 aliphatic carbocycles. The SMILES string of the molecule is C=C(C)C(NC(=O)OC)C1CCOCC1. The summed E-state index contributed by atoms with van der Waals surface area (Å²) in [6, 6.07) is 0.00125. The van der Waals surface area contributed by atoms with Crippen molar-refractivity contribution in [3.63, 3.8) is 0 Å². The van der Waals surface area contributed by atoms with Crippen LogP contribution >= 0.6 is 0 Å². The lowest BCUT2D eigenvalue weighted by atomic mass is 9.88. The molecule has 1 fully saturated rings. The minimum absolute atomic E-state index is 0.00125. The van der Waals surface area contributed by atoms with Crippen LogP contribution in [0.2, 0.25) is 0 Å². The second-order valence-corrected chi connectivity index (χ2v) is 3.91. The summed E-state index contributed by atoms with van der Waals surface area (Å²) in [6.45, 7) is 7.36. The van der Waals surface area contributed by atoms with Crippen molar-refractivity contribution in [3.8, 4) is 0 Å². The largest absolute Gasteiger partial charge is 0.453 e. The van der Waals surface area contributed by atoms with Crippen LogP contribution in [0.5, 0.6) is 0 Å². The Morgan fingerprint density at radius 2 is 2.13 bits per heavy atom. The molecule has 0 radical (unpaired) electrons. The fourth-order valence-electron chi connectivity index (χ4n) is 1.88. The van der Waals surface area contributed by atoms with Crippen LogP contribution < -0.4 is 5.32 Å². The summed E-state index contributed by atoms with van der Waals surface area (Å²) < 4.78 is 9.89. The first-order valence-corrected chi connectivity index (χ1v) is 5.22. The van der Waals surface area contributed by atoms with Gasteiger partial charge in [-0.15, -0.1) is 0 Å². The molecule has 0 spiro atoms. The first-order valence-electron chi connectivity index (χ1n) is 5.22. The van der Waals surface area contributed by atoms with E-state index in [-0.39, 0.29) is 6.04 Å². The molecule has 1 saturated heterocycles. The average Bonchev–Trinajstić information content (AvgIpc) is 2.26. The Morgan fingerprint density at radius 3 is 2.60 bits per heavy atom. The van der Waals surface area contributed by atoms with E-state index in [1.54, 1.807) is 0 Å². The molecule has 1 aliphatic heterocycles. The number of amides is 1. The zero-order valence-corrected chi connectivity index (χ0v) is 9.41. The Hall–Kier alpha value is -1.03. The van der Waals surface area contributed by atoms with Crippen LogP contribution in [0, 0.1) is 5.92 Å². The highest BCUT2D eigenvalue weighted by Gasteiger charge is 2.26. The second-order valence-electron chi connectivity index (χ2n) is 3.91. The van der Waals surface area contributed by atoms with Crippen molar-refractivity contribution < 1.29 is 14.3 Å². The predicted octanol–water partition coefficient (Wildman–Crippen LogP) is 1.71. The van der Waals surface area contributed by atoms with Crippen molar-refractivity contribution >= 4 is 6.09 Å². The predicted molar refractivity (Wildman–Crippen MR) is 57.7 cm³/mol. The molecular formula is C11H19NO3. The van der Waals surface area contributed by atoms with Crippen molar-refractivity contribution in [2.75, 3.05) is 20.3 Å². The third-order valence-corrected chi connectivity index (χ3v) is 2.73. The van der Waals surface area contributed by atoms with Crippen LogP contribution in [0.4, 0.5) is 4.79 Å². The Labute approximate surface area is 90.6 Å². The molecule has 0 saturated carbocycles. The molecule has 0 aromatic heterocycles. The van der Waals surface area contributed by atoms with Crippen LogP contribution in [-0.2, 0) is 9.47 Å². The van der Waals surface area contributed by atoms with Gasteiger partial charge in [-0.05, 0) is 25.7 Å². The van der Waals surface area contributed by atoms with Gasteiger partial charge in [-0.1, -0.05) is 12.2 Å². The van der Waals surface area contributed by atoms with Crippen LogP contribution in [0.3, 0.4) is 0 Å². The lowest BCUT2D eigenvalue weighted by molar-refractivity contribution is 0.0572. The summed E-state index contributed by atoms with van der Waals surface area (Å²) in [7, 11) is 1.37. The van der Waals surface area contributed by atoms with Crippen molar-refractivity contribution in [2.24, 2.45) is 5.92 Å². The molecular weight excluding hydrogens is 194 g/mol. The van der Waals surface area contributed by atoms with E-state index < -0.39 is 6.09 Å². The number of methoxy groups -OCH3 is 1. The van der Waals surface area contributed by atoms with Crippen molar-refractivity contribution in [3.05, 3.63) is 12.2 Å². The zero-order chi connectivity index (χ0) is 11.3. The Kier molecular flexibility index (Phi) is 4.62. The second kappa shape index (κ2) is 5.75. The van der Waals surface area contributed by atoms with E-state index in [0.717, 1.165) is 31.6 Å². The number of hydrogen-bond donors (Lipinski definition) is 1. The van der Waals surface area contributed by atoms with E-state index >= 15 is 0 Å². The molecule has 1 N–H and O–H groups in total. The lowest BCUT2D eigenvalue weighted by Crippen LogP contribution is -2.42. The van der Waals surface area contributed by atoms with Crippen LogP contribution in [-0.4, -0.2) is 32.5 Å².